The number of carbonyl (C=O) groups is 2. The van der Waals surface area contributed by atoms with Gasteiger partial charge in [0.1, 0.15) is 12.7 Å². The van der Waals surface area contributed by atoms with Crippen LogP contribution in [0.25, 0.3) is 0 Å². The van der Waals surface area contributed by atoms with Crippen LogP contribution in [-0.4, -0.2) is 65.7 Å². The SMILES string of the molecule is CCCCCC/C=C/CCCCCCCCCC(=O)O[C@H](COC(=O)CCCCCCCCCCC)COP(=O)(O)OC[C@@H](O)CO. The Kier molecular flexibility index (Phi) is 32.3. The molecule has 0 spiro atoms. The molecule has 11 heteroatoms. The summed E-state index contributed by atoms with van der Waals surface area (Å²) >= 11 is 0. The number of rotatable bonds is 35. The summed E-state index contributed by atoms with van der Waals surface area (Å²) in [7, 11) is -4.60. The molecule has 1 unspecified atom stereocenters. The summed E-state index contributed by atoms with van der Waals surface area (Å²) < 4.78 is 32.5. The van der Waals surface area contributed by atoms with E-state index >= 15 is 0 Å². The highest BCUT2D eigenvalue weighted by Gasteiger charge is 2.27. The van der Waals surface area contributed by atoms with E-state index in [4.69, 9.17) is 19.1 Å². The molecule has 0 aliphatic rings. The van der Waals surface area contributed by atoms with E-state index in [1.807, 2.05) is 0 Å². The van der Waals surface area contributed by atoms with Gasteiger partial charge in [-0.3, -0.25) is 18.6 Å². The quantitative estimate of drug-likeness (QED) is 0.0254. The standard InChI is InChI=1S/C36H69O10P/c1-3-5-7-9-11-13-14-15-16-17-18-20-22-24-26-28-36(40)46-34(32-45-47(41,42)44-30-33(38)29-37)31-43-35(39)27-25-23-21-19-12-10-8-6-4-2/h13-14,33-34,37-38H,3-12,15-32H2,1-2H3,(H,41,42)/b14-13+/t33-,34+/m0/s1. The molecule has 0 rings (SSSR count). The van der Waals surface area contributed by atoms with Gasteiger partial charge < -0.3 is 24.6 Å². The lowest BCUT2D eigenvalue weighted by Gasteiger charge is -2.20. The molecule has 0 heterocycles. The highest BCUT2D eigenvalue weighted by atomic mass is 31.2. The molecule has 0 bridgehead atoms. The highest BCUT2D eigenvalue weighted by molar-refractivity contribution is 7.47. The maximum absolute atomic E-state index is 12.5. The molecule has 0 aromatic rings. The zero-order valence-corrected chi connectivity index (χ0v) is 30.6. The van der Waals surface area contributed by atoms with E-state index in [9.17, 15) is 24.2 Å². The topological polar surface area (TPSA) is 149 Å². The van der Waals surface area contributed by atoms with Gasteiger partial charge in [-0.05, 0) is 38.5 Å². The lowest BCUT2D eigenvalue weighted by molar-refractivity contribution is -0.161. The zero-order chi connectivity index (χ0) is 34.9. The predicted octanol–water partition coefficient (Wildman–Crippen LogP) is 8.89. The van der Waals surface area contributed by atoms with Crippen LogP contribution in [0, 0.1) is 0 Å². The van der Waals surface area contributed by atoms with Crippen molar-refractivity contribution in [2.75, 3.05) is 26.4 Å². The predicted molar refractivity (Wildman–Crippen MR) is 187 cm³/mol. The summed E-state index contributed by atoms with van der Waals surface area (Å²) in [6, 6.07) is 0. The second-order valence-electron chi connectivity index (χ2n) is 12.6. The Morgan fingerprint density at radius 2 is 1.04 bits per heavy atom. The fourth-order valence-electron chi connectivity index (χ4n) is 4.99. The van der Waals surface area contributed by atoms with Gasteiger partial charge in [0.05, 0.1) is 19.8 Å². The highest BCUT2D eigenvalue weighted by Crippen LogP contribution is 2.43. The molecule has 0 radical (unpaired) electrons. The van der Waals surface area contributed by atoms with Crippen molar-refractivity contribution in [1.82, 2.24) is 0 Å². The van der Waals surface area contributed by atoms with Gasteiger partial charge in [-0.25, -0.2) is 4.57 Å². The van der Waals surface area contributed by atoms with Gasteiger partial charge in [0.25, 0.3) is 0 Å². The first-order valence-corrected chi connectivity index (χ1v) is 20.1. The van der Waals surface area contributed by atoms with E-state index in [2.05, 4.69) is 30.5 Å². The van der Waals surface area contributed by atoms with E-state index in [0.717, 1.165) is 44.9 Å². The van der Waals surface area contributed by atoms with Crippen LogP contribution in [0.15, 0.2) is 12.2 Å². The fraction of sp³-hybridized carbons (Fsp3) is 0.889. The van der Waals surface area contributed by atoms with Gasteiger partial charge in [-0.2, -0.15) is 0 Å². The number of phosphoric acid groups is 1. The van der Waals surface area contributed by atoms with E-state index in [0.29, 0.717) is 12.8 Å². The number of hydrogen-bond donors (Lipinski definition) is 3. The van der Waals surface area contributed by atoms with Crippen LogP contribution in [0.1, 0.15) is 168 Å². The smallest absolute Gasteiger partial charge is 0.462 e. The first-order chi connectivity index (χ1) is 22.7. The van der Waals surface area contributed by atoms with E-state index in [-0.39, 0.29) is 19.4 Å². The molecule has 0 aromatic heterocycles. The third-order valence-corrected chi connectivity index (χ3v) is 8.87. The zero-order valence-electron chi connectivity index (χ0n) is 29.8. The van der Waals surface area contributed by atoms with Crippen LogP contribution >= 0.6 is 7.82 Å². The minimum Gasteiger partial charge on any atom is -0.462 e. The first-order valence-electron chi connectivity index (χ1n) is 18.6. The maximum Gasteiger partial charge on any atom is 0.472 e. The van der Waals surface area contributed by atoms with Crippen molar-refractivity contribution in [3.05, 3.63) is 12.2 Å². The summed E-state index contributed by atoms with van der Waals surface area (Å²) in [5.41, 5.74) is 0. The molecular weight excluding hydrogens is 623 g/mol. The van der Waals surface area contributed by atoms with Crippen molar-refractivity contribution in [3.63, 3.8) is 0 Å². The van der Waals surface area contributed by atoms with Gasteiger partial charge in [-0.15, -0.1) is 0 Å². The molecule has 10 nitrogen and oxygen atoms in total. The van der Waals surface area contributed by atoms with Gasteiger partial charge in [-0.1, -0.05) is 129 Å². The number of aliphatic hydroxyl groups is 2. The third-order valence-electron chi connectivity index (χ3n) is 7.92. The Balaban J connectivity index is 4.35. The third kappa shape index (κ3) is 33.0. The number of carbonyl (C=O) groups excluding carboxylic acids is 2. The molecule has 3 N–H and O–H groups in total. The van der Waals surface area contributed by atoms with Gasteiger partial charge >= 0.3 is 19.8 Å². The summed E-state index contributed by atoms with van der Waals surface area (Å²) in [6.07, 6.45) is 27.6. The van der Waals surface area contributed by atoms with Crippen LogP contribution in [0.4, 0.5) is 0 Å². The van der Waals surface area contributed by atoms with Crippen LogP contribution in [-0.2, 0) is 32.7 Å². The summed E-state index contributed by atoms with van der Waals surface area (Å²) in [5, 5.41) is 18.2. The second-order valence-corrected chi connectivity index (χ2v) is 14.1. The molecule has 47 heavy (non-hydrogen) atoms. The molecule has 0 amide bonds. The lowest BCUT2D eigenvalue weighted by atomic mass is 10.1. The van der Waals surface area contributed by atoms with Gasteiger partial charge in [0.15, 0.2) is 6.10 Å². The molecule has 0 fully saturated rings. The van der Waals surface area contributed by atoms with Gasteiger partial charge in [0, 0.05) is 12.8 Å². The van der Waals surface area contributed by atoms with Crippen LogP contribution in [0.5, 0.6) is 0 Å². The van der Waals surface area contributed by atoms with E-state index in [1.54, 1.807) is 0 Å². The Hall–Kier alpha value is -1.29. The summed E-state index contributed by atoms with van der Waals surface area (Å²) in [6.45, 7) is 2.33. The average molecular weight is 693 g/mol. The molecule has 0 aliphatic heterocycles. The summed E-state index contributed by atoms with van der Waals surface area (Å²) in [4.78, 5) is 34.7. The van der Waals surface area contributed by atoms with E-state index in [1.165, 1.54) is 83.5 Å². The van der Waals surface area contributed by atoms with Crippen molar-refractivity contribution >= 4 is 19.8 Å². The Morgan fingerprint density at radius 3 is 1.55 bits per heavy atom. The number of unbranched alkanes of at least 4 members (excludes halogenated alkanes) is 19. The van der Waals surface area contributed by atoms with Crippen molar-refractivity contribution < 1.29 is 47.8 Å². The molecular formula is C36H69O10P. The fourth-order valence-corrected chi connectivity index (χ4v) is 5.78. The molecule has 0 aliphatic carbocycles. The number of ether oxygens (including phenoxy) is 2. The Labute approximate surface area is 286 Å². The number of allylic oxidation sites excluding steroid dienone is 2. The van der Waals surface area contributed by atoms with Crippen LogP contribution in [0.2, 0.25) is 0 Å². The number of aliphatic hydroxyl groups excluding tert-OH is 2. The monoisotopic (exact) mass is 692 g/mol. The van der Waals surface area contributed by atoms with Crippen molar-refractivity contribution in [2.45, 2.75) is 180 Å². The van der Waals surface area contributed by atoms with Gasteiger partial charge in [0.2, 0.25) is 0 Å². The molecule has 0 saturated carbocycles. The largest absolute Gasteiger partial charge is 0.472 e. The second kappa shape index (κ2) is 33.2. The number of esters is 2. The molecule has 278 valence electrons. The molecule has 3 atom stereocenters. The minimum atomic E-state index is -4.60. The molecule has 0 aromatic carbocycles. The normalized spacial score (nSPS) is 14.2. The van der Waals surface area contributed by atoms with Crippen molar-refractivity contribution in [3.8, 4) is 0 Å². The number of phosphoric ester groups is 1. The maximum atomic E-state index is 12.5. The Morgan fingerprint density at radius 1 is 0.617 bits per heavy atom. The minimum absolute atomic E-state index is 0.182. The Bertz CT molecular complexity index is 807. The van der Waals surface area contributed by atoms with Crippen LogP contribution in [0.3, 0.4) is 0 Å². The average Bonchev–Trinajstić information content (AvgIpc) is 3.05. The van der Waals surface area contributed by atoms with Crippen molar-refractivity contribution in [2.24, 2.45) is 0 Å². The lowest BCUT2D eigenvalue weighted by Crippen LogP contribution is -2.29. The van der Waals surface area contributed by atoms with Crippen LogP contribution < -0.4 is 0 Å². The first kappa shape index (κ1) is 45.7. The number of hydrogen-bond acceptors (Lipinski definition) is 9. The molecule has 0 saturated heterocycles. The van der Waals surface area contributed by atoms with E-state index < -0.39 is 51.8 Å². The summed E-state index contributed by atoms with van der Waals surface area (Å²) in [5.74, 6) is -0.929. The van der Waals surface area contributed by atoms with Crippen molar-refractivity contribution in [1.29, 1.82) is 0 Å².